The predicted octanol–water partition coefficient (Wildman–Crippen LogP) is 3.30. The lowest BCUT2D eigenvalue weighted by atomic mass is 10.0. The third-order valence-corrected chi connectivity index (χ3v) is 3.33. The van der Waals surface area contributed by atoms with E-state index in [9.17, 15) is 9.59 Å². The van der Waals surface area contributed by atoms with Crippen LogP contribution in [0.15, 0.2) is 30.3 Å². The fourth-order valence-corrected chi connectivity index (χ4v) is 2.15. The molecule has 1 aromatic rings. The maximum absolute atomic E-state index is 12.1. The van der Waals surface area contributed by atoms with E-state index in [1.54, 1.807) is 26.0 Å². The molecule has 2 N–H and O–H groups in total. The highest BCUT2D eigenvalue weighted by atomic mass is 16.5. The number of para-hydroxylation sites is 1. The summed E-state index contributed by atoms with van der Waals surface area (Å²) in [7, 11) is 0. The summed E-state index contributed by atoms with van der Waals surface area (Å²) in [4.78, 5) is 23.8. The minimum Gasteiger partial charge on any atom is -0.394 e. The van der Waals surface area contributed by atoms with Crippen LogP contribution in [-0.2, 0) is 14.3 Å². The second kappa shape index (κ2) is 14.3. The van der Waals surface area contributed by atoms with Crippen LogP contribution >= 0.6 is 0 Å². The zero-order valence-electron chi connectivity index (χ0n) is 16.7. The topological polar surface area (TPSA) is 78.9 Å². The van der Waals surface area contributed by atoms with E-state index in [4.69, 9.17) is 9.84 Å². The van der Waals surface area contributed by atoms with E-state index in [-0.39, 0.29) is 17.9 Å². The standard InChI is InChI=1S/C13H16N2O2.C4H10O.C3H8O/c1-2-3-9-11-12(16)14-15(13(11)17)10-7-5-4-6-8-10;1-3-5-4-2;1-3(2)4/h4-8,11H,2-3,9H2,1H3,(H,14,16);3-4H2,1-2H3;3-4H,1-2H3. The second-order valence-corrected chi connectivity index (χ2v) is 6.06. The number of aliphatic hydroxyl groups excluding tert-OH is 1. The number of unbranched alkanes of at least 4 members (excludes halogenated alkanes) is 1. The SMILES string of the molecule is CC(C)O.CCCCC1C(=O)NN(c2ccccc2)C1=O.CCOCC. The molecule has 1 unspecified atom stereocenters. The zero-order valence-corrected chi connectivity index (χ0v) is 16.7. The number of nitrogens with zero attached hydrogens (tertiary/aromatic N) is 1. The molecule has 1 aromatic carbocycles. The average molecular weight is 367 g/mol. The van der Waals surface area contributed by atoms with Gasteiger partial charge in [0.2, 0.25) is 0 Å². The van der Waals surface area contributed by atoms with Crippen molar-refractivity contribution in [3.63, 3.8) is 0 Å². The minimum atomic E-state index is -0.518. The van der Waals surface area contributed by atoms with Gasteiger partial charge in [0.15, 0.2) is 0 Å². The van der Waals surface area contributed by atoms with Crippen molar-refractivity contribution in [1.29, 1.82) is 0 Å². The molecule has 1 saturated heterocycles. The molecule has 2 rings (SSSR count). The number of carbonyl (C=O) groups is 2. The third kappa shape index (κ3) is 9.53. The van der Waals surface area contributed by atoms with E-state index in [1.807, 2.05) is 39.0 Å². The van der Waals surface area contributed by atoms with Crippen LogP contribution in [0, 0.1) is 5.92 Å². The Hall–Kier alpha value is -1.92. The first-order chi connectivity index (χ1) is 12.4. The van der Waals surface area contributed by atoms with Crippen molar-refractivity contribution in [2.75, 3.05) is 18.2 Å². The van der Waals surface area contributed by atoms with Gasteiger partial charge in [-0.3, -0.25) is 15.0 Å². The molecular weight excluding hydrogens is 332 g/mol. The zero-order chi connectivity index (χ0) is 19.9. The quantitative estimate of drug-likeness (QED) is 0.757. The molecule has 1 fully saturated rings. The van der Waals surface area contributed by atoms with Gasteiger partial charge in [-0.25, -0.2) is 5.01 Å². The number of rotatable bonds is 6. The van der Waals surface area contributed by atoms with Crippen LogP contribution in [0.25, 0.3) is 0 Å². The first kappa shape index (κ1) is 24.1. The maximum atomic E-state index is 12.1. The molecule has 26 heavy (non-hydrogen) atoms. The van der Waals surface area contributed by atoms with E-state index in [2.05, 4.69) is 5.43 Å². The molecule has 2 amide bonds. The van der Waals surface area contributed by atoms with E-state index in [1.165, 1.54) is 5.01 Å². The van der Waals surface area contributed by atoms with Gasteiger partial charge in [-0.15, -0.1) is 0 Å². The molecule has 6 heteroatoms. The summed E-state index contributed by atoms with van der Waals surface area (Å²) in [6.07, 6.45) is 2.35. The fourth-order valence-electron chi connectivity index (χ4n) is 2.15. The van der Waals surface area contributed by atoms with Crippen LogP contribution in [0.3, 0.4) is 0 Å². The number of amides is 2. The van der Waals surface area contributed by atoms with Gasteiger partial charge in [0.25, 0.3) is 11.8 Å². The Morgan fingerprint density at radius 2 is 1.65 bits per heavy atom. The highest BCUT2D eigenvalue weighted by molar-refractivity contribution is 6.14. The Kier molecular flexibility index (Phi) is 13.2. The number of aliphatic hydroxyl groups is 1. The first-order valence-electron chi connectivity index (χ1n) is 9.34. The van der Waals surface area contributed by atoms with Crippen molar-refractivity contribution >= 4 is 17.5 Å². The molecule has 148 valence electrons. The Bertz CT molecular complexity index is 501. The molecular formula is C20H34N2O4. The van der Waals surface area contributed by atoms with Gasteiger partial charge in [-0.05, 0) is 46.2 Å². The average Bonchev–Trinajstić information content (AvgIpc) is 2.89. The number of hydrazine groups is 1. The smallest absolute Gasteiger partial charge is 0.258 e. The van der Waals surface area contributed by atoms with Crippen molar-refractivity contribution in [3.8, 4) is 0 Å². The lowest BCUT2D eigenvalue weighted by molar-refractivity contribution is -0.127. The van der Waals surface area contributed by atoms with Gasteiger partial charge < -0.3 is 9.84 Å². The number of ether oxygens (including phenoxy) is 1. The summed E-state index contributed by atoms with van der Waals surface area (Å²) in [5.74, 6) is -0.850. The van der Waals surface area contributed by atoms with Crippen LogP contribution in [0.1, 0.15) is 53.9 Å². The Morgan fingerprint density at radius 3 is 2.08 bits per heavy atom. The lowest BCUT2D eigenvalue weighted by Crippen LogP contribution is -2.35. The second-order valence-electron chi connectivity index (χ2n) is 6.06. The van der Waals surface area contributed by atoms with Gasteiger partial charge in [-0.2, -0.15) is 0 Å². The van der Waals surface area contributed by atoms with Crippen LogP contribution in [0.4, 0.5) is 5.69 Å². The highest BCUT2D eigenvalue weighted by Gasteiger charge is 2.39. The van der Waals surface area contributed by atoms with Gasteiger partial charge in [-0.1, -0.05) is 38.0 Å². The fraction of sp³-hybridized carbons (Fsp3) is 0.600. The van der Waals surface area contributed by atoms with Crippen LogP contribution in [-0.4, -0.2) is 36.2 Å². The van der Waals surface area contributed by atoms with Crippen LogP contribution < -0.4 is 10.4 Å². The molecule has 0 spiro atoms. The van der Waals surface area contributed by atoms with Crippen molar-refractivity contribution < 1.29 is 19.4 Å². The molecule has 1 aliphatic rings. The molecule has 1 heterocycles. The van der Waals surface area contributed by atoms with E-state index < -0.39 is 5.92 Å². The summed E-state index contributed by atoms with van der Waals surface area (Å²) in [6, 6.07) is 9.17. The first-order valence-corrected chi connectivity index (χ1v) is 9.34. The predicted molar refractivity (Wildman–Crippen MR) is 105 cm³/mol. The van der Waals surface area contributed by atoms with Gasteiger partial charge in [0.05, 0.1) is 5.69 Å². The molecule has 1 atom stereocenters. The molecule has 0 aliphatic carbocycles. The number of carbonyl (C=O) groups excluding carboxylic acids is 2. The summed E-state index contributed by atoms with van der Waals surface area (Å²) >= 11 is 0. The van der Waals surface area contributed by atoms with E-state index in [0.29, 0.717) is 12.1 Å². The molecule has 0 aromatic heterocycles. The normalized spacial score (nSPS) is 15.8. The molecule has 0 radical (unpaired) electrons. The summed E-state index contributed by atoms with van der Waals surface area (Å²) in [5, 5.41) is 9.41. The van der Waals surface area contributed by atoms with Crippen LogP contribution in [0.2, 0.25) is 0 Å². The van der Waals surface area contributed by atoms with Crippen molar-refractivity contribution in [2.45, 2.75) is 60.0 Å². The van der Waals surface area contributed by atoms with Crippen molar-refractivity contribution in [3.05, 3.63) is 30.3 Å². The Morgan fingerprint density at radius 1 is 1.12 bits per heavy atom. The van der Waals surface area contributed by atoms with E-state index in [0.717, 1.165) is 26.1 Å². The van der Waals surface area contributed by atoms with Gasteiger partial charge >= 0.3 is 0 Å². The number of benzene rings is 1. The maximum Gasteiger partial charge on any atom is 0.258 e. The van der Waals surface area contributed by atoms with E-state index >= 15 is 0 Å². The van der Waals surface area contributed by atoms with Crippen molar-refractivity contribution in [2.24, 2.45) is 5.92 Å². The number of anilines is 1. The third-order valence-electron chi connectivity index (χ3n) is 3.33. The van der Waals surface area contributed by atoms with Crippen LogP contribution in [0.5, 0.6) is 0 Å². The monoisotopic (exact) mass is 366 g/mol. The summed E-state index contributed by atoms with van der Waals surface area (Å²) < 4.78 is 4.83. The van der Waals surface area contributed by atoms with Gasteiger partial charge in [0, 0.05) is 19.3 Å². The summed E-state index contributed by atoms with van der Waals surface area (Å²) in [6.45, 7) is 11.2. The molecule has 0 bridgehead atoms. The molecule has 0 saturated carbocycles. The number of hydrogen-bond acceptors (Lipinski definition) is 4. The van der Waals surface area contributed by atoms with Crippen molar-refractivity contribution in [1.82, 2.24) is 5.43 Å². The summed E-state index contributed by atoms with van der Waals surface area (Å²) in [5.41, 5.74) is 3.34. The largest absolute Gasteiger partial charge is 0.394 e. The minimum absolute atomic E-state index is 0.144. The lowest BCUT2D eigenvalue weighted by Gasteiger charge is -2.14. The highest BCUT2D eigenvalue weighted by Crippen LogP contribution is 2.22. The molecule has 6 nitrogen and oxygen atoms in total. The Labute approximate surface area is 157 Å². The molecule has 1 aliphatic heterocycles. The Balaban J connectivity index is 0.000000582. The number of nitrogens with one attached hydrogen (secondary N) is 1. The number of hydrogen-bond donors (Lipinski definition) is 2. The van der Waals surface area contributed by atoms with Gasteiger partial charge in [0.1, 0.15) is 5.92 Å².